The van der Waals surface area contributed by atoms with E-state index in [2.05, 4.69) is 9.97 Å². The van der Waals surface area contributed by atoms with Crippen LogP contribution in [0.1, 0.15) is 13.8 Å². The zero-order valence-electron chi connectivity index (χ0n) is 7.62. The lowest BCUT2D eigenvalue weighted by Crippen LogP contribution is -2.07. The van der Waals surface area contributed by atoms with Gasteiger partial charge in [-0.1, -0.05) is 25.4 Å². The fraction of sp³-hybridized carbons (Fsp3) is 0.500. The fourth-order valence-electron chi connectivity index (χ4n) is 0.711. The Morgan fingerprint density at radius 1 is 1.62 bits per heavy atom. The molecule has 0 fully saturated rings. The quantitative estimate of drug-likeness (QED) is 0.810. The minimum atomic E-state index is 0.170. The first kappa shape index (κ1) is 10.1. The smallest absolute Gasteiger partial charge is 0.237 e. The summed E-state index contributed by atoms with van der Waals surface area (Å²) in [6, 6.07) is 0. The third kappa shape index (κ3) is 3.06. The van der Waals surface area contributed by atoms with Gasteiger partial charge in [0, 0.05) is 0 Å². The van der Waals surface area contributed by atoms with Gasteiger partial charge in [0.25, 0.3) is 0 Å². The monoisotopic (exact) mass is 201 g/mol. The predicted molar refractivity (Wildman–Crippen MR) is 51.8 cm³/mol. The molecule has 13 heavy (non-hydrogen) atoms. The highest BCUT2D eigenvalue weighted by molar-refractivity contribution is 6.31. The average Bonchev–Trinajstić information content (AvgIpc) is 2.06. The van der Waals surface area contributed by atoms with E-state index in [1.165, 1.54) is 6.20 Å². The first-order valence-corrected chi connectivity index (χ1v) is 4.38. The number of hydrogen-bond acceptors (Lipinski definition) is 4. The second-order valence-corrected chi connectivity index (χ2v) is 3.49. The summed E-state index contributed by atoms with van der Waals surface area (Å²) in [5.41, 5.74) is 5.37. The molecular formula is C8H12ClN3O. The molecule has 0 aliphatic heterocycles. The Hall–Kier alpha value is -1.03. The minimum Gasteiger partial charge on any atom is -0.476 e. The van der Waals surface area contributed by atoms with Crippen molar-refractivity contribution in [2.75, 3.05) is 12.3 Å². The molecule has 0 amide bonds. The van der Waals surface area contributed by atoms with Gasteiger partial charge >= 0.3 is 0 Å². The Kier molecular flexibility index (Phi) is 3.31. The van der Waals surface area contributed by atoms with E-state index >= 15 is 0 Å². The van der Waals surface area contributed by atoms with Crippen LogP contribution in [0.25, 0.3) is 0 Å². The van der Waals surface area contributed by atoms with Crippen molar-refractivity contribution in [3.8, 4) is 5.88 Å². The van der Waals surface area contributed by atoms with Gasteiger partial charge in [-0.05, 0) is 5.92 Å². The zero-order chi connectivity index (χ0) is 9.84. The maximum absolute atomic E-state index is 5.77. The maximum atomic E-state index is 5.77. The summed E-state index contributed by atoms with van der Waals surface area (Å²) in [7, 11) is 0. The predicted octanol–water partition coefficient (Wildman–Crippen LogP) is 1.75. The largest absolute Gasteiger partial charge is 0.476 e. The molecule has 0 saturated heterocycles. The molecule has 0 radical (unpaired) electrons. The van der Waals surface area contributed by atoms with E-state index in [0.717, 1.165) is 0 Å². The first-order chi connectivity index (χ1) is 6.09. The van der Waals surface area contributed by atoms with Gasteiger partial charge in [-0.2, -0.15) is 4.98 Å². The van der Waals surface area contributed by atoms with E-state index < -0.39 is 0 Å². The van der Waals surface area contributed by atoms with E-state index in [1.54, 1.807) is 0 Å². The molecule has 5 heteroatoms. The number of nitrogens with zero attached hydrogens (tertiary/aromatic N) is 2. The van der Waals surface area contributed by atoms with Crippen LogP contribution in [0, 0.1) is 5.92 Å². The number of hydrogen-bond donors (Lipinski definition) is 1. The van der Waals surface area contributed by atoms with Crippen LogP contribution in [0.15, 0.2) is 6.20 Å². The topological polar surface area (TPSA) is 61.0 Å². The molecule has 0 spiro atoms. The number of halogens is 1. The minimum absolute atomic E-state index is 0.170. The lowest BCUT2D eigenvalue weighted by atomic mass is 10.2. The molecule has 72 valence electrons. The van der Waals surface area contributed by atoms with Gasteiger partial charge in [0.15, 0.2) is 0 Å². The number of nitrogens with two attached hydrogens (primary N) is 1. The molecular weight excluding hydrogens is 190 g/mol. The van der Waals surface area contributed by atoms with E-state index in [-0.39, 0.29) is 5.95 Å². The summed E-state index contributed by atoms with van der Waals surface area (Å²) in [4.78, 5) is 7.58. The number of ether oxygens (including phenoxy) is 1. The van der Waals surface area contributed by atoms with Crippen molar-refractivity contribution in [3.63, 3.8) is 0 Å². The molecule has 1 heterocycles. The number of anilines is 1. The van der Waals surface area contributed by atoms with Crippen molar-refractivity contribution in [1.82, 2.24) is 9.97 Å². The molecule has 1 aromatic rings. The summed E-state index contributed by atoms with van der Waals surface area (Å²) in [5.74, 6) is 0.943. The van der Waals surface area contributed by atoms with Gasteiger partial charge in [-0.3, -0.25) is 0 Å². The van der Waals surface area contributed by atoms with Crippen LogP contribution in [0.5, 0.6) is 5.88 Å². The van der Waals surface area contributed by atoms with Gasteiger partial charge in [0.05, 0.1) is 12.8 Å². The van der Waals surface area contributed by atoms with Gasteiger partial charge < -0.3 is 10.5 Å². The molecule has 1 rings (SSSR count). The Morgan fingerprint density at radius 3 is 2.92 bits per heavy atom. The number of rotatable bonds is 3. The summed E-state index contributed by atoms with van der Waals surface area (Å²) >= 11 is 5.77. The summed E-state index contributed by atoms with van der Waals surface area (Å²) in [6.07, 6.45) is 1.43. The van der Waals surface area contributed by atoms with Gasteiger partial charge in [0.1, 0.15) is 5.02 Å². The zero-order valence-corrected chi connectivity index (χ0v) is 8.38. The molecule has 0 atom stereocenters. The van der Waals surface area contributed by atoms with Crippen molar-refractivity contribution in [1.29, 1.82) is 0 Å². The molecule has 4 nitrogen and oxygen atoms in total. The highest BCUT2D eigenvalue weighted by atomic mass is 35.5. The third-order valence-electron chi connectivity index (χ3n) is 1.28. The standard InChI is InChI=1S/C8H12ClN3O/c1-5(2)4-13-7-6(9)3-11-8(10)12-7/h3,5H,4H2,1-2H3,(H2,10,11,12). The van der Waals surface area contributed by atoms with E-state index in [0.29, 0.717) is 23.4 Å². The second-order valence-electron chi connectivity index (χ2n) is 3.09. The van der Waals surface area contributed by atoms with Crippen molar-refractivity contribution < 1.29 is 4.74 Å². The Bertz CT molecular complexity index is 291. The lowest BCUT2D eigenvalue weighted by Gasteiger charge is -2.08. The summed E-state index contributed by atoms with van der Waals surface area (Å²) in [6.45, 7) is 4.65. The molecule has 2 N–H and O–H groups in total. The molecule has 0 bridgehead atoms. The Morgan fingerprint density at radius 2 is 2.31 bits per heavy atom. The normalized spacial score (nSPS) is 10.5. The highest BCUT2D eigenvalue weighted by Crippen LogP contribution is 2.21. The van der Waals surface area contributed by atoms with Crippen LogP contribution in [-0.2, 0) is 0 Å². The number of nitrogen functional groups attached to an aromatic ring is 1. The van der Waals surface area contributed by atoms with Crippen LogP contribution in [-0.4, -0.2) is 16.6 Å². The highest BCUT2D eigenvalue weighted by Gasteiger charge is 2.05. The Balaban J connectivity index is 2.70. The molecule has 0 aromatic carbocycles. The van der Waals surface area contributed by atoms with Crippen LogP contribution < -0.4 is 10.5 Å². The van der Waals surface area contributed by atoms with E-state index in [4.69, 9.17) is 22.1 Å². The number of aromatic nitrogens is 2. The third-order valence-corrected chi connectivity index (χ3v) is 1.54. The van der Waals surface area contributed by atoms with Crippen LogP contribution in [0.4, 0.5) is 5.95 Å². The lowest BCUT2D eigenvalue weighted by molar-refractivity contribution is 0.261. The summed E-state index contributed by atoms with van der Waals surface area (Å²) < 4.78 is 5.32. The molecule has 0 unspecified atom stereocenters. The van der Waals surface area contributed by atoms with Gasteiger partial charge in [-0.25, -0.2) is 4.98 Å². The van der Waals surface area contributed by atoms with E-state index in [1.807, 2.05) is 13.8 Å². The average molecular weight is 202 g/mol. The molecule has 1 aromatic heterocycles. The van der Waals surface area contributed by atoms with Crippen molar-refractivity contribution >= 4 is 17.5 Å². The SMILES string of the molecule is CC(C)COc1nc(N)ncc1Cl. The van der Waals surface area contributed by atoms with E-state index in [9.17, 15) is 0 Å². The van der Waals surface area contributed by atoms with Gasteiger partial charge in [-0.15, -0.1) is 0 Å². The fourth-order valence-corrected chi connectivity index (χ4v) is 0.857. The molecule has 0 aliphatic rings. The van der Waals surface area contributed by atoms with Crippen LogP contribution in [0.2, 0.25) is 5.02 Å². The summed E-state index contributed by atoms with van der Waals surface area (Å²) in [5, 5.41) is 0.384. The van der Waals surface area contributed by atoms with Crippen molar-refractivity contribution in [2.45, 2.75) is 13.8 Å². The van der Waals surface area contributed by atoms with Crippen molar-refractivity contribution in [3.05, 3.63) is 11.2 Å². The van der Waals surface area contributed by atoms with Crippen molar-refractivity contribution in [2.24, 2.45) is 5.92 Å². The Labute approximate surface area is 82.1 Å². The first-order valence-electron chi connectivity index (χ1n) is 4.00. The van der Waals surface area contributed by atoms with Crippen LogP contribution >= 0.6 is 11.6 Å². The van der Waals surface area contributed by atoms with Gasteiger partial charge in [0.2, 0.25) is 11.8 Å². The van der Waals surface area contributed by atoms with Crippen LogP contribution in [0.3, 0.4) is 0 Å². The molecule has 0 aliphatic carbocycles. The molecule has 0 saturated carbocycles. The second kappa shape index (κ2) is 4.28. The maximum Gasteiger partial charge on any atom is 0.237 e.